The van der Waals surface area contributed by atoms with Gasteiger partial charge in [-0.15, -0.1) is 5.10 Å². The second kappa shape index (κ2) is 4.08. The molecule has 3 rings (SSSR count). The molecule has 1 aromatic carbocycles. The normalized spacial score (nSPS) is 15.2. The van der Waals surface area contributed by atoms with Crippen molar-refractivity contribution in [3.05, 3.63) is 30.5 Å². The lowest BCUT2D eigenvalue weighted by atomic mass is 10.2. The van der Waals surface area contributed by atoms with Crippen molar-refractivity contribution in [2.75, 3.05) is 11.9 Å². The number of hydrogen-bond donors (Lipinski definition) is 1. The van der Waals surface area contributed by atoms with Crippen LogP contribution in [0.25, 0.3) is 10.8 Å². The zero-order valence-corrected chi connectivity index (χ0v) is 9.19. The standard InChI is InChI=1S/C13H15N3/c1-2-4-12-11(3-1)9-15-16-13(12)14-8-7-10-5-6-10/h1-4,9-10H,5-8H2,(H,14,16). The van der Waals surface area contributed by atoms with Crippen LogP contribution in [0.1, 0.15) is 19.3 Å². The molecule has 82 valence electrons. The van der Waals surface area contributed by atoms with Crippen molar-refractivity contribution in [2.45, 2.75) is 19.3 Å². The van der Waals surface area contributed by atoms with Crippen molar-refractivity contribution >= 4 is 16.6 Å². The van der Waals surface area contributed by atoms with Gasteiger partial charge in [0, 0.05) is 17.3 Å². The van der Waals surface area contributed by atoms with Crippen molar-refractivity contribution in [1.29, 1.82) is 0 Å². The summed E-state index contributed by atoms with van der Waals surface area (Å²) >= 11 is 0. The van der Waals surface area contributed by atoms with Crippen molar-refractivity contribution in [2.24, 2.45) is 5.92 Å². The molecule has 2 aromatic rings. The maximum absolute atomic E-state index is 4.16. The highest BCUT2D eigenvalue weighted by Crippen LogP contribution is 2.32. The average Bonchev–Trinajstić information content (AvgIpc) is 3.13. The summed E-state index contributed by atoms with van der Waals surface area (Å²) in [5.74, 6) is 1.87. The molecule has 1 aliphatic rings. The van der Waals surface area contributed by atoms with Gasteiger partial charge in [-0.1, -0.05) is 37.1 Å². The van der Waals surface area contributed by atoms with Gasteiger partial charge in [0.15, 0.2) is 5.82 Å². The van der Waals surface area contributed by atoms with Crippen LogP contribution in [0, 0.1) is 5.92 Å². The number of nitrogens with one attached hydrogen (secondary N) is 1. The summed E-state index contributed by atoms with van der Waals surface area (Å²) in [7, 11) is 0. The molecule has 1 heterocycles. The lowest BCUT2D eigenvalue weighted by Crippen LogP contribution is -2.05. The van der Waals surface area contributed by atoms with Gasteiger partial charge < -0.3 is 5.32 Å². The summed E-state index contributed by atoms with van der Waals surface area (Å²) in [5.41, 5.74) is 0. The second-order valence-corrected chi connectivity index (χ2v) is 4.44. The van der Waals surface area contributed by atoms with E-state index < -0.39 is 0 Å². The highest BCUT2D eigenvalue weighted by molar-refractivity contribution is 5.90. The van der Waals surface area contributed by atoms with E-state index >= 15 is 0 Å². The highest BCUT2D eigenvalue weighted by atomic mass is 15.2. The van der Waals surface area contributed by atoms with Gasteiger partial charge in [-0.3, -0.25) is 0 Å². The van der Waals surface area contributed by atoms with E-state index in [0.29, 0.717) is 0 Å². The van der Waals surface area contributed by atoms with Gasteiger partial charge in [0.2, 0.25) is 0 Å². The van der Waals surface area contributed by atoms with E-state index in [0.717, 1.165) is 29.1 Å². The fraction of sp³-hybridized carbons (Fsp3) is 0.385. The molecule has 0 amide bonds. The molecule has 0 bridgehead atoms. The van der Waals surface area contributed by atoms with Gasteiger partial charge in [-0.25, -0.2) is 0 Å². The number of anilines is 1. The van der Waals surface area contributed by atoms with Gasteiger partial charge in [0.05, 0.1) is 6.20 Å². The van der Waals surface area contributed by atoms with E-state index in [1.54, 1.807) is 6.20 Å². The molecule has 1 aliphatic carbocycles. The summed E-state index contributed by atoms with van der Waals surface area (Å²) in [6.45, 7) is 1.01. The van der Waals surface area contributed by atoms with Crippen molar-refractivity contribution < 1.29 is 0 Å². The van der Waals surface area contributed by atoms with Crippen LogP contribution in [-0.4, -0.2) is 16.7 Å². The predicted molar refractivity (Wildman–Crippen MR) is 65.4 cm³/mol. The van der Waals surface area contributed by atoms with Gasteiger partial charge in [0.25, 0.3) is 0 Å². The minimum atomic E-state index is 0.916. The third-order valence-electron chi connectivity index (χ3n) is 3.11. The fourth-order valence-corrected chi connectivity index (χ4v) is 1.96. The fourth-order valence-electron chi connectivity index (χ4n) is 1.96. The number of nitrogens with zero attached hydrogens (tertiary/aromatic N) is 2. The van der Waals surface area contributed by atoms with Gasteiger partial charge >= 0.3 is 0 Å². The minimum absolute atomic E-state index is 0.916. The van der Waals surface area contributed by atoms with E-state index in [2.05, 4.69) is 27.6 Å². The molecule has 1 fully saturated rings. The quantitative estimate of drug-likeness (QED) is 0.848. The first-order valence-corrected chi connectivity index (χ1v) is 5.88. The molecule has 16 heavy (non-hydrogen) atoms. The maximum Gasteiger partial charge on any atom is 0.156 e. The third-order valence-corrected chi connectivity index (χ3v) is 3.11. The smallest absolute Gasteiger partial charge is 0.156 e. The van der Waals surface area contributed by atoms with Crippen LogP contribution in [0.5, 0.6) is 0 Å². The van der Waals surface area contributed by atoms with Crippen LogP contribution < -0.4 is 5.32 Å². The van der Waals surface area contributed by atoms with E-state index in [-0.39, 0.29) is 0 Å². The summed E-state index contributed by atoms with van der Waals surface area (Å²) in [5, 5.41) is 13.9. The zero-order valence-electron chi connectivity index (χ0n) is 9.19. The second-order valence-electron chi connectivity index (χ2n) is 4.44. The van der Waals surface area contributed by atoms with Crippen LogP contribution in [0.4, 0.5) is 5.82 Å². The van der Waals surface area contributed by atoms with Crippen molar-refractivity contribution in [3.8, 4) is 0 Å². The molecule has 0 saturated heterocycles. The Morgan fingerprint density at radius 3 is 3.00 bits per heavy atom. The summed E-state index contributed by atoms with van der Waals surface area (Å²) in [6, 6.07) is 8.22. The number of benzene rings is 1. The lowest BCUT2D eigenvalue weighted by molar-refractivity contribution is 0.757. The Labute approximate surface area is 94.9 Å². The number of aromatic nitrogens is 2. The van der Waals surface area contributed by atoms with Crippen molar-refractivity contribution in [3.63, 3.8) is 0 Å². The van der Waals surface area contributed by atoms with Crippen LogP contribution in [-0.2, 0) is 0 Å². The molecule has 1 N–H and O–H groups in total. The first-order chi connectivity index (χ1) is 7.93. The minimum Gasteiger partial charge on any atom is -0.368 e. The van der Waals surface area contributed by atoms with Crippen LogP contribution in [0.15, 0.2) is 30.5 Å². The Hall–Kier alpha value is -1.64. The maximum atomic E-state index is 4.16. The molecule has 0 aliphatic heterocycles. The molecule has 1 aromatic heterocycles. The van der Waals surface area contributed by atoms with E-state index in [9.17, 15) is 0 Å². The summed E-state index contributed by atoms with van der Waals surface area (Å²) < 4.78 is 0. The molecule has 0 radical (unpaired) electrons. The van der Waals surface area contributed by atoms with Gasteiger partial charge in [-0.2, -0.15) is 5.10 Å². The third kappa shape index (κ3) is 1.98. The van der Waals surface area contributed by atoms with Crippen molar-refractivity contribution in [1.82, 2.24) is 10.2 Å². The molecule has 3 heteroatoms. The monoisotopic (exact) mass is 213 g/mol. The largest absolute Gasteiger partial charge is 0.368 e. The Bertz CT molecular complexity index is 486. The van der Waals surface area contributed by atoms with Gasteiger partial charge in [-0.05, 0) is 12.3 Å². The summed E-state index contributed by atoms with van der Waals surface area (Å²) in [6.07, 6.45) is 5.87. The van der Waals surface area contributed by atoms with E-state index in [1.165, 1.54) is 19.3 Å². The topological polar surface area (TPSA) is 37.8 Å². The molecule has 0 unspecified atom stereocenters. The first-order valence-electron chi connectivity index (χ1n) is 5.88. The molecular formula is C13H15N3. The Balaban J connectivity index is 1.79. The number of hydrogen-bond acceptors (Lipinski definition) is 3. The Morgan fingerprint density at radius 2 is 2.12 bits per heavy atom. The predicted octanol–water partition coefficient (Wildman–Crippen LogP) is 2.84. The molecular weight excluding hydrogens is 198 g/mol. The van der Waals surface area contributed by atoms with Crippen LogP contribution in [0.2, 0.25) is 0 Å². The van der Waals surface area contributed by atoms with Crippen LogP contribution >= 0.6 is 0 Å². The zero-order chi connectivity index (χ0) is 10.8. The first kappa shape index (κ1) is 9.58. The molecule has 0 atom stereocenters. The summed E-state index contributed by atoms with van der Waals surface area (Å²) in [4.78, 5) is 0. The SMILES string of the molecule is c1ccc2c(NCCC3CC3)nncc2c1. The van der Waals surface area contributed by atoms with E-state index in [1.807, 2.05) is 12.1 Å². The highest BCUT2D eigenvalue weighted by Gasteiger charge is 2.20. The number of fused-ring (bicyclic) bond motifs is 1. The van der Waals surface area contributed by atoms with Gasteiger partial charge in [0.1, 0.15) is 0 Å². The average molecular weight is 213 g/mol. The molecule has 0 spiro atoms. The Morgan fingerprint density at radius 1 is 1.25 bits per heavy atom. The Kier molecular flexibility index (Phi) is 2.44. The molecule has 1 saturated carbocycles. The molecule has 3 nitrogen and oxygen atoms in total. The lowest BCUT2D eigenvalue weighted by Gasteiger charge is -2.06. The van der Waals surface area contributed by atoms with E-state index in [4.69, 9.17) is 0 Å². The number of rotatable bonds is 4. The van der Waals surface area contributed by atoms with Crippen LogP contribution in [0.3, 0.4) is 0 Å².